The van der Waals surface area contributed by atoms with Crippen LogP contribution in [0.4, 0.5) is 0 Å². The quantitative estimate of drug-likeness (QED) is 0.610. The predicted molar refractivity (Wildman–Crippen MR) is 90.6 cm³/mol. The lowest BCUT2D eigenvalue weighted by Crippen LogP contribution is -2.23. The molecule has 1 aromatic rings. The number of likely N-dealkylation sites (N-methyl/N-ethyl adjacent to an activating group) is 1. The molecular weight excluding hydrogens is 289 g/mol. The summed E-state index contributed by atoms with van der Waals surface area (Å²) in [6.45, 7) is 6.57. The maximum Gasteiger partial charge on any atom is 0.126 e. The molecule has 0 heterocycles. The average Bonchev–Trinajstić information content (AvgIpc) is 2.97. The van der Waals surface area contributed by atoms with Crippen molar-refractivity contribution in [1.82, 2.24) is 5.32 Å². The lowest BCUT2D eigenvalue weighted by Gasteiger charge is -2.08. The van der Waals surface area contributed by atoms with Crippen LogP contribution in [0.15, 0.2) is 42.0 Å². The Morgan fingerprint density at radius 3 is 2.15 bits per heavy atom. The first kappa shape index (κ1) is 17.6. The zero-order chi connectivity index (χ0) is 15.2. The number of hydrogen-bond donors (Lipinski definition) is 1. The van der Waals surface area contributed by atoms with Gasteiger partial charge in [-0.25, -0.2) is 0 Å². The monoisotopic (exact) mass is 313 g/mol. The molecule has 3 heteroatoms. The number of nitrogens with one attached hydrogen (secondary N) is 1. The van der Waals surface area contributed by atoms with Crippen molar-refractivity contribution in [3.63, 3.8) is 0 Å². The molecule has 1 aromatic carbocycles. The van der Waals surface area contributed by atoms with Crippen LogP contribution in [0.3, 0.4) is 0 Å². The van der Waals surface area contributed by atoms with Crippen LogP contribution in [-0.4, -0.2) is 17.9 Å². The first-order valence-corrected chi connectivity index (χ1v) is 7.93. The molecule has 112 valence electrons. The van der Waals surface area contributed by atoms with Crippen molar-refractivity contribution in [2.45, 2.75) is 44.5 Å². The highest BCUT2D eigenvalue weighted by Crippen LogP contribution is 2.51. The molecule has 1 N–H and O–H groups in total. The number of allylic oxidation sites excluding steroid dienone is 2. The van der Waals surface area contributed by atoms with Gasteiger partial charge in [0.1, 0.15) is 4.84 Å². The van der Waals surface area contributed by atoms with Gasteiger partial charge in [0, 0.05) is 6.04 Å². The molecule has 1 saturated carbocycles. The van der Waals surface area contributed by atoms with Gasteiger partial charge in [-0.05, 0) is 37.8 Å². The summed E-state index contributed by atoms with van der Waals surface area (Å²) in [7, 11) is 1.99. The summed E-state index contributed by atoms with van der Waals surface area (Å²) in [4.78, 5) is -0.318. The van der Waals surface area contributed by atoms with E-state index in [4.69, 9.17) is 23.2 Å². The minimum Gasteiger partial charge on any atom is -0.317 e. The predicted octanol–water partition coefficient (Wildman–Crippen LogP) is 4.98. The second kappa shape index (κ2) is 8.07. The molecule has 20 heavy (non-hydrogen) atoms. The van der Waals surface area contributed by atoms with Crippen molar-refractivity contribution in [1.29, 1.82) is 0 Å². The Labute approximate surface area is 133 Å². The van der Waals surface area contributed by atoms with E-state index in [1.807, 2.05) is 19.2 Å². The van der Waals surface area contributed by atoms with Crippen molar-refractivity contribution in [2.24, 2.45) is 5.41 Å². The second-order valence-electron chi connectivity index (χ2n) is 5.97. The zero-order valence-electron chi connectivity index (χ0n) is 12.8. The van der Waals surface area contributed by atoms with Crippen molar-refractivity contribution >= 4 is 23.2 Å². The summed E-state index contributed by atoms with van der Waals surface area (Å²) in [5, 5.41) is 3.21. The Morgan fingerprint density at radius 1 is 1.25 bits per heavy atom. The normalized spacial score (nSPS) is 19.4. The summed E-state index contributed by atoms with van der Waals surface area (Å²) in [6.07, 6.45) is 4.18. The third-order valence-corrected chi connectivity index (χ3v) is 3.83. The van der Waals surface area contributed by atoms with Gasteiger partial charge in [0.25, 0.3) is 0 Å². The molecule has 0 amide bonds. The van der Waals surface area contributed by atoms with Crippen LogP contribution >= 0.6 is 23.2 Å². The van der Waals surface area contributed by atoms with Crippen LogP contribution in [0.5, 0.6) is 0 Å². The Bertz CT molecular complexity index is 424. The minimum absolute atomic E-state index is 0.318. The van der Waals surface area contributed by atoms with Crippen molar-refractivity contribution in [2.75, 3.05) is 7.05 Å². The summed E-state index contributed by atoms with van der Waals surface area (Å²) in [6, 6.07) is 11.1. The number of alkyl halides is 2. The Morgan fingerprint density at radius 2 is 1.80 bits per heavy atom. The topological polar surface area (TPSA) is 12.0 Å². The smallest absolute Gasteiger partial charge is 0.126 e. The highest BCUT2D eigenvalue weighted by Gasteiger charge is 2.38. The van der Waals surface area contributed by atoms with Crippen molar-refractivity contribution < 1.29 is 0 Å². The first-order chi connectivity index (χ1) is 9.35. The third-order valence-electron chi connectivity index (χ3n) is 3.58. The van der Waals surface area contributed by atoms with Crippen LogP contribution in [0.2, 0.25) is 0 Å². The van der Waals surface area contributed by atoms with E-state index in [-0.39, 0.29) is 4.84 Å². The highest BCUT2D eigenvalue weighted by atomic mass is 35.5. The molecule has 0 aliphatic heterocycles. The van der Waals surface area contributed by atoms with Crippen molar-refractivity contribution in [3.8, 4) is 0 Å². The number of benzene rings is 1. The molecule has 2 rings (SSSR count). The van der Waals surface area contributed by atoms with Crippen LogP contribution in [0, 0.1) is 5.41 Å². The van der Waals surface area contributed by atoms with Gasteiger partial charge in [-0.15, -0.1) is 23.2 Å². The molecule has 0 spiro atoms. The van der Waals surface area contributed by atoms with Crippen molar-refractivity contribution in [3.05, 3.63) is 47.5 Å². The average molecular weight is 314 g/mol. The Balaban J connectivity index is 0.000000204. The molecule has 1 atom stereocenters. The summed E-state index contributed by atoms with van der Waals surface area (Å²) in [5.41, 5.74) is 3.18. The van der Waals surface area contributed by atoms with Gasteiger partial charge < -0.3 is 5.32 Å². The lowest BCUT2D eigenvalue weighted by molar-refractivity contribution is 0.608. The third kappa shape index (κ3) is 6.78. The number of hydrogen-bond acceptors (Lipinski definition) is 1. The summed E-state index contributed by atoms with van der Waals surface area (Å²) >= 11 is 11.1. The molecule has 0 aromatic heterocycles. The van der Waals surface area contributed by atoms with E-state index in [9.17, 15) is 0 Å². The fraction of sp³-hybridized carbons (Fsp3) is 0.529. The SMILES string of the molecule is CC1(C)CC1=CC(Cl)Cl.CN[C@@H](C)Cc1ccccc1. The van der Waals surface area contributed by atoms with E-state index in [2.05, 4.69) is 50.4 Å². The summed E-state index contributed by atoms with van der Waals surface area (Å²) < 4.78 is 0. The van der Waals surface area contributed by atoms with Gasteiger partial charge in [0.15, 0.2) is 0 Å². The maximum absolute atomic E-state index is 5.53. The van der Waals surface area contributed by atoms with Crippen LogP contribution in [0.25, 0.3) is 0 Å². The zero-order valence-corrected chi connectivity index (χ0v) is 14.3. The molecule has 0 unspecified atom stereocenters. The van der Waals surface area contributed by atoms with E-state index in [0.29, 0.717) is 11.5 Å². The molecule has 0 saturated heterocycles. The summed E-state index contributed by atoms with van der Waals surface area (Å²) in [5.74, 6) is 0. The van der Waals surface area contributed by atoms with Crippen LogP contribution in [-0.2, 0) is 6.42 Å². The van der Waals surface area contributed by atoms with Gasteiger partial charge in [0.05, 0.1) is 0 Å². The molecule has 0 bridgehead atoms. The van der Waals surface area contributed by atoms with E-state index in [1.165, 1.54) is 11.1 Å². The molecule has 1 fully saturated rings. The molecule has 1 aliphatic rings. The lowest BCUT2D eigenvalue weighted by atomic mass is 10.1. The van der Waals surface area contributed by atoms with Gasteiger partial charge >= 0.3 is 0 Å². The van der Waals surface area contributed by atoms with E-state index < -0.39 is 0 Å². The standard InChI is InChI=1S/C10H15N.C7H10Cl2/c1-9(11-2)8-10-6-4-3-5-7-10;1-7(2)4-5(7)3-6(8)9/h3-7,9,11H,8H2,1-2H3;3,6H,4H2,1-2H3/t9-;/m0./s1. The number of rotatable bonds is 4. The van der Waals surface area contributed by atoms with Gasteiger partial charge in [0.2, 0.25) is 0 Å². The van der Waals surface area contributed by atoms with E-state index in [1.54, 1.807) is 0 Å². The highest BCUT2D eigenvalue weighted by molar-refractivity contribution is 6.45. The molecule has 0 radical (unpaired) electrons. The van der Waals surface area contributed by atoms with E-state index in [0.717, 1.165) is 12.8 Å². The largest absolute Gasteiger partial charge is 0.317 e. The minimum atomic E-state index is -0.318. The Kier molecular flexibility index (Phi) is 7.08. The molecule has 1 nitrogen and oxygen atoms in total. The second-order valence-corrected chi connectivity index (χ2v) is 7.13. The van der Waals surface area contributed by atoms with Gasteiger partial charge in [-0.1, -0.05) is 55.8 Å². The number of halogens is 2. The fourth-order valence-corrected chi connectivity index (χ4v) is 2.24. The van der Waals surface area contributed by atoms with Gasteiger partial charge in [-0.2, -0.15) is 0 Å². The fourth-order valence-electron chi connectivity index (χ4n) is 1.94. The van der Waals surface area contributed by atoms with Gasteiger partial charge in [-0.3, -0.25) is 0 Å². The van der Waals surface area contributed by atoms with Crippen LogP contribution in [0.1, 0.15) is 32.8 Å². The first-order valence-electron chi connectivity index (χ1n) is 7.05. The molecular formula is C17H25Cl2N. The Hall–Kier alpha value is -0.500. The molecule has 1 aliphatic carbocycles. The van der Waals surface area contributed by atoms with Crippen LogP contribution < -0.4 is 5.32 Å². The maximum atomic E-state index is 5.53. The van der Waals surface area contributed by atoms with E-state index >= 15 is 0 Å².